The normalized spacial score (nSPS) is 10.8. The topological polar surface area (TPSA) is 26.3 Å². The Kier molecular flexibility index (Phi) is 5.54. The van der Waals surface area contributed by atoms with E-state index in [9.17, 15) is 4.79 Å². The first kappa shape index (κ1) is 14.5. The molecule has 3 heteroatoms. The van der Waals surface area contributed by atoms with Crippen LogP contribution in [0.25, 0.3) is 6.08 Å². The van der Waals surface area contributed by atoms with Crippen LogP contribution >= 0.6 is 11.6 Å². The molecule has 0 saturated carbocycles. The first-order chi connectivity index (χ1) is 9.75. The molecular weight excluding hydrogens is 272 g/mol. The molecule has 0 aliphatic carbocycles. The van der Waals surface area contributed by atoms with E-state index in [1.54, 1.807) is 24.3 Å². The Morgan fingerprint density at radius 3 is 2.45 bits per heavy atom. The van der Waals surface area contributed by atoms with Crippen molar-refractivity contribution in [3.63, 3.8) is 0 Å². The monoisotopic (exact) mass is 286 g/mol. The molecular formula is C17H15ClO2. The summed E-state index contributed by atoms with van der Waals surface area (Å²) in [5.41, 5.74) is 1.72. The molecule has 2 aromatic rings. The van der Waals surface area contributed by atoms with Crippen molar-refractivity contribution < 1.29 is 9.53 Å². The molecule has 2 aromatic carbocycles. The van der Waals surface area contributed by atoms with E-state index in [4.69, 9.17) is 16.3 Å². The van der Waals surface area contributed by atoms with Gasteiger partial charge in [0.15, 0.2) is 5.78 Å². The van der Waals surface area contributed by atoms with Gasteiger partial charge in [0, 0.05) is 10.6 Å². The van der Waals surface area contributed by atoms with Gasteiger partial charge in [0.2, 0.25) is 0 Å². The van der Waals surface area contributed by atoms with E-state index in [2.05, 4.69) is 0 Å². The van der Waals surface area contributed by atoms with Crippen LogP contribution in [0.5, 0.6) is 0 Å². The Hall–Kier alpha value is -1.90. The second-order valence-electron chi connectivity index (χ2n) is 4.26. The number of Topliss-reactive ketones (excluding diaryl/α,β-unsaturated/α-hetero) is 1. The van der Waals surface area contributed by atoms with Crippen LogP contribution in [0.15, 0.2) is 60.7 Å². The SMILES string of the molecule is O=C(COCC=Cc1ccccc1)c1ccc(Cl)cc1. The summed E-state index contributed by atoms with van der Waals surface area (Å²) in [4.78, 5) is 11.8. The number of halogens is 1. The van der Waals surface area contributed by atoms with E-state index in [-0.39, 0.29) is 12.4 Å². The summed E-state index contributed by atoms with van der Waals surface area (Å²) in [6.07, 6.45) is 3.86. The number of ketones is 1. The van der Waals surface area contributed by atoms with Gasteiger partial charge < -0.3 is 4.74 Å². The lowest BCUT2D eigenvalue weighted by Crippen LogP contribution is -2.08. The Labute approximate surface area is 123 Å². The van der Waals surface area contributed by atoms with E-state index < -0.39 is 0 Å². The van der Waals surface area contributed by atoms with E-state index in [0.717, 1.165) is 5.56 Å². The molecule has 0 aliphatic heterocycles. The minimum absolute atomic E-state index is 0.0465. The van der Waals surface area contributed by atoms with Crippen molar-refractivity contribution in [2.45, 2.75) is 0 Å². The average Bonchev–Trinajstić information content (AvgIpc) is 2.48. The maximum atomic E-state index is 11.8. The summed E-state index contributed by atoms with van der Waals surface area (Å²) < 4.78 is 5.33. The molecule has 102 valence electrons. The molecule has 0 aromatic heterocycles. The van der Waals surface area contributed by atoms with Crippen molar-refractivity contribution in [1.29, 1.82) is 0 Å². The fourth-order valence-electron chi connectivity index (χ4n) is 1.69. The molecule has 0 fully saturated rings. The number of benzene rings is 2. The Bertz CT molecular complexity index is 574. The molecule has 0 amide bonds. The van der Waals surface area contributed by atoms with Gasteiger partial charge in [0.25, 0.3) is 0 Å². The van der Waals surface area contributed by atoms with Crippen LogP contribution in [-0.2, 0) is 4.74 Å². The molecule has 0 spiro atoms. The number of hydrogen-bond donors (Lipinski definition) is 0. The van der Waals surface area contributed by atoms with E-state index in [1.807, 2.05) is 42.5 Å². The minimum Gasteiger partial charge on any atom is -0.369 e. The van der Waals surface area contributed by atoms with Gasteiger partial charge in [-0.2, -0.15) is 0 Å². The van der Waals surface area contributed by atoms with E-state index in [1.165, 1.54) is 0 Å². The molecule has 0 radical (unpaired) electrons. The van der Waals surface area contributed by atoms with Gasteiger partial charge in [-0.1, -0.05) is 54.1 Å². The highest BCUT2D eigenvalue weighted by Crippen LogP contribution is 2.10. The van der Waals surface area contributed by atoms with Gasteiger partial charge in [-0.3, -0.25) is 4.79 Å². The van der Waals surface area contributed by atoms with Crippen LogP contribution in [0.1, 0.15) is 15.9 Å². The molecule has 2 rings (SSSR count). The molecule has 0 atom stereocenters. The highest BCUT2D eigenvalue weighted by atomic mass is 35.5. The maximum Gasteiger partial charge on any atom is 0.188 e. The summed E-state index contributed by atoms with van der Waals surface area (Å²) in [5, 5.41) is 0.619. The van der Waals surface area contributed by atoms with Crippen LogP contribution in [0.3, 0.4) is 0 Å². The van der Waals surface area contributed by atoms with Crippen molar-refractivity contribution in [3.05, 3.63) is 76.8 Å². The van der Waals surface area contributed by atoms with Gasteiger partial charge in [0.05, 0.1) is 6.61 Å². The quantitative estimate of drug-likeness (QED) is 0.586. The van der Waals surface area contributed by atoms with Crippen LogP contribution < -0.4 is 0 Å². The molecule has 0 N–H and O–H groups in total. The molecule has 0 heterocycles. The zero-order valence-corrected chi connectivity index (χ0v) is 11.7. The van der Waals surface area contributed by atoms with E-state index >= 15 is 0 Å². The third kappa shape index (κ3) is 4.65. The number of rotatable bonds is 6. The first-order valence-electron chi connectivity index (χ1n) is 6.34. The van der Waals surface area contributed by atoms with Gasteiger partial charge in [-0.25, -0.2) is 0 Å². The Morgan fingerprint density at radius 2 is 1.75 bits per heavy atom. The molecule has 20 heavy (non-hydrogen) atoms. The standard InChI is InChI=1S/C17H15ClO2/c18-16-10-8-15(9-11-16)17(19)13-20-12-4-7-14-5-2-1-3-6-14/h1-11H,12-13H2. The zero-order chi connectivity index (χ0) is 14.2. The zero-order valence-electron chi connectivity index (χ0n) is 11.0. The van der Waals surface area contributed by atoms with Gasteiger partial charge in [0.1, 0.15) is 6.61 Å². The number of carbonyl (C=O) groups is 1. The van der Waals surface area contributed by atoms with Crippen molar-refractivity contribution in [3.8, 4) is 0 Å². The number of ether oxygens (including phenoxy) is 1. The van der Waals surface area contributed by atoms with Gasteiger partial charge >= 0.3 is 0 Å². The predicted octanol–water partition coefficient (Wildman–Crippen LogP) is 4.25. The van der Waals surface area contributed by atoms with Crippen molar-refractivity contribution in [2.75, 3.05) is 13.2 Å². The highest BCUT2D eigenvalue weighted by molar-refractivity contribution is 6.30. The smallest absolute Gasteiger partial charge is 0.188 e. The first-order valence-corrected chi connectivity index (χ1v) is 6.71. The van der Waals surface area contributed by atoms with E-state index in [0.29, 0.717) is 17.2 Å². The van der Waals surface area contributed by atoms with Crippen molar-refractivity contribution in [1.82, 2.24) is 0 Å². The van der Waals surface area contributed by atoms with Crippen molar-refractivity contribution >= 4 is 23.5 Å². The van der Waals surface area contributed by atoms with Crippen LogP contribution in [0.2, 0.25) is 5.02 Å². The molecule has 0 saturated heterocycles. The largest absolute Gasteiger partial charge is 0.369 e. The third-order valence-corrected chi connectivity index (χ3v) is 2.98. The molecule has 2 nitrogen and oxygen atoms in total. The molecule has 0 aliphatic rings. The summed E-state index contributed by atoms with van der Waals surface area (Å²) >= 11 is 5.77. The Balaban J connectivity index is 1.74. The summed E-state index contributed by atoms with van der Waals surface area (Å²) in [7, 11) is 0. The number of hydrogen-bond acceptors (Lipinski definition) is 2. The summed E-state index contributed by atoms with van der Waals surface area (Å²) in [5.74, 6) is -0.0465. The summed E-state index contributed by atoms with van der Waals surface area (Å²) in [6.45, 7) is 0.481. The van der Waals surface area contributed by atoms with Crippen molar-refractivity contribution in [2.24, 2.45) is 0 Å². The lowest BCUT2D eigenvalue weighted by atomic mass is 10.1. The van der Waals surface area contributed by atoms with Gasteiger partial charge in [-0.15, -0.1) is 0 Å². The fraction of sp³-hybridized carbons (Fsp3) is 0.118. The maximum absolute atomic E-state index is 11.8. The van der Waals surface area contributed by atoms with Crippen LogP contribution in [0.4, 0.5) is 0 Å². The van der Waals surface area contributed by atoms with Gasteiger partial charge in [-0.05, 0) is 29.8 Å². The summed E-state index contributed by atoms with van der Waals surface area (Å²) in [6, 6.07) is 16.7. The molecule has 0 unspecified atom stereocenters. The lowest BCUT2D eigenvalue weighted by Gasteiger charge is -2.01. The molecule has 0 bridgehead atoms. The highest BCUT2D eigenvalue weighted by Gasteiger charge is 2.04. The second kappa shape index (κ2) is 7.63. The number of carbonyl (C=O) groups excluding carboxylic acids is 1. The minimum atomic E-state index is -0.0465. The second-order valence-corrected chi connectivity index (χ2v) is 4.69. The lowest BCUT2D eigenvalue weighted by molar-refractivity contribution is 0.0806. The van der Waals surface area contributed by atoms with Crippen LogP contribution in [0, 0.1) is 0 Å². The Morgan fingerprint density at radius 1 is 1.05 bits per heavy atom. The fourth-order valence-corrected chi connectivity index (χ4v) is 1.81. The average molecular weight is 287 g/mol. The predicted molar refractivity (Wildman–Crippen MR) is 82.1 cm³/mol. The third-order valence-electron chi connectivity index (χ3n) is 2.72. The van der Waals surface area contributed by atoms with Crippen LogP contribution in [-0.4, -0.2) is 19.0 Å².